The monoisotopic (exact) mass is 235 g/mol. The Morgan fingerprint density at radius 3 is 2.82 bits per heavy atom. The van der Waals surface area contributed by atoms with Gasteiger partial charge in [0.2, 0.25) is 0 Å². The summed E-state index contributed by atoms with van der Waals surface area (Å²) < 4.78 is 5.41. The van der Waals surface area contributed by atoms with Crippen LogP contribution in [0.5, 0.6) is 5.75 Å². The van der Waals surface area contributed by atoms with E-state index in [1.54, 1.807) is 18.2 Å². The molecule has 0 aliphatic rings. The van der Waals surface area contributed by atoms with Gasteiger partial charge in [0.25, 0.3) is 0 Å². The minimum atomic E-state index is -0.976. The zero-order valence-corrected chi connectivity index (χ0v) is 9.90. The highest BCUT2D eigenvalue weighted by molar-refractivity contribution is 5.90. The molecule has 0 saturated heterocycles. The van der Waals surface area contributed by atoms with E-state index >= 15 is 0 Å². The average Bonchev–Trinajstić information content (AvgIpc) is 2.28. The number of carboxylic acids is 1. The SMILES string of the molecule is C=C(C)CNCCOc1ccccc1C(=O)O. The van der Waals surface area contributed by atoms with Gasteiger partial charge in [-0.05, 0) is 19.1 Å². The molecule has 4 nitrogen and oxygen atoms in total. The number of rotatable bonds is 7. The summed E-state index contributed by atoms with van der Waals surface area (Å²) in [6.45, 7) is 7.53. The maximum Gasteiger partial charge on any atom is 0.339 e. The van der Waals surface area contributed by atoms with Crippen molar-refractivity contribution >= 4 is 5.97 Å². The van der Waals surface area contributed by atoms with Crippen LogP contribution in [0.15, 0.2) is 36.4 Å². The first-order chi connectivity index (χ1) is 8.11. The minimum Gasteiger partial charge on any atom is -0.491 e. The average molecular weight is 235 g/mol. The van der Waals surface area contributed by atoms with E-state index in [4.69, 9.17) is 9.84 Å². The molecule has 1 aromatic rings. The number of aromatic carboxylic acids is 1. The molecule has 1 aromatic carbocycles. The van der Waals surface area contributed by atoms with Crippen molar-refractivity contribution in [2.24, 2.45) is 0 Å². The molecule has 0 bridgehead atoms. The van der Waals surface area contributed by atoms with E-state index in [0.717, 1.165) is 12.1 Å². The number of hydrogen-bond donors (Lipinski definition) is 2. The van der Waals surface area contributed by atoms with E-state index in [9.17, 15) is 4.79 Å². The maximum absolute atomic E-state index is 10.9. The number of carboxylic acid groups (broad SMARTS) is 1. The second kappa shape index (κ2) is 6.70. The van der Waals surface area contributed by atoms with Gasteiger partial charge in [0.1, 0.15) is 17.9 Å². The third-order valence-electron chi connectivity index (χ3n) is 2.08. The van der Waals surface area contributed by atoms with Crippen LogP contribution in [0, 0.1) is 0 Å². The van der Waals surface area contributed by atoms with Crippen molar-refractivity contribution in [3.63, 3.8) is 0 Å². The summed E-state index contributed by atoms with van der Waals surface area (Å²) in [5, 5.41) is 12.1. The van der Waals surface area contributed by atoms with Crippen molar-refractivity contribution < 1.29 is 14.6 Å². The zero-order chi connectivity index (χ0) is 12.7. The normalized spacial score (nSPS) is 9.94. The first kappa shape index (κ1) is 13.3. The van der Waals surface area contributed by atoms with Crippen LogP contribution >= 0.6 is 0 Å². The Hall–Kier alpha value is -1.81. The molecule has 1 rings (SSSR count). The van der Waals surface area contributed by atoms with Gasteiger partial charge in [-0.1, -0.05) is 24.3 Å². The van der Waals surface area contributed by atoms with Crippen LogP contribution in [0.1, 0.15) is 17.3 Å². The Morgan fingerprint density at radius 2 is 2.18 bits per heavy atom. The molecule has 0 aliphatic carbocycles. The molecule has 0 amide bonds. The third-order valence-corrected chi connectivity index (χ3v) is 2.08. The van der Waals surface area contributed by atoms with E-state index < -0.39 is 5.97 Å². The number of carbonyl (C=O) groups is 1. The molecule has 2 N–H and O–H groups in total. The fourth-order valence-electron chi connectivity index (χ4n) is 1.30. The molecule has 0 atom stereocenters. The van der Waals surface area contributed by atoms with Crippen LogP contribution in [-0.2, 0) is 0 Å². The summed E-state index contributed by atoms with van der Waals surface area (Å²) in [6.07, 6.45) is 0. The Labute approximate surface area is 101 Å². The molecule has 0 aromatic heterocycles. The predicted molar refractivity (Wildman–Crippen MR) is 66.6 cm³/mol. The van der Waals surface area contributed by atoms with Gasteiger partial charge in [-0.25, -0.2) is 4.79 Å². The highest BCUT2D eigenvalue weighted by Crippen LogP contribution is 2.17. The van der Waals surface area contributed by atoms with Gasteiger partial charge >= 0.3 is 5.97 Å². The van der Waals surface area contributed by atoms with E-state index in [1.807, 2.05) is 6.92 Å². The van der Waals surface area contributed by atoms with E-state index in [2.05, 4.69) is 11.9 Å². The summed E-state index contributed by atoms with van der Waals surface area (Å²) in [4.78, 5) is 10.9. The second-order valence-electron chi connectivity index (χ2n) is 3.78. The van der Waals surface area contributed by atoms with Crippen LogP contribution in [0.4, 0.5) is 0 Å². The first-order valence-corrected chi connectivity index (χ1v) is 5.41. The van der Waals surface area contributed by atoms with E-state index in [1.165, 1.54) is 6.07 Å². The molecule has 0 radical (unpaired) electrons. The smallest absolute Gasteiger partial charge is 0.339 e. The lowest BCUT2D eigenvalue weighted by molar-refractivity contribution is 0.0692. The van der Waals surface area contributed by atoms with Crippen LogP contribution in [-0.4, -0.2) is 30.8 Å². The lowest BCUT2D eigenvalue weighted by Crippen LogP contribution is -2.22. The van der Waals surface area contributed by atoms with Gasteiger partial charge < -0.3 is 15.2 Å². The molecule has 4 heteroatoms. The standard InChI is InChI=1S/C13H17NO3/c1-10(2)9-14-7-8-17-12-6-4-3-5-11(12)13(15)16/h3-6,14H,1,7-9H2,2H3,(H,15,16). The topological polar surface area (TPSA) is 58.6 Å². The van der Waals surface area contributed by atoms with Crippen LogP contribution < -0.4 is 10.1 Å². The Balaban J connectivity index is 2.41. The maximum atomic E-state index is 10.9. The molecule has 0 unspecified atom stereocenters. The molecule has 0 fully saturated rings. The van der Waals surface area contributed by atoms with Crippen molar-refractivity contribution in [2.45, 2.75) is 6.92 Å². The molecular formula is C13H17NO3. The first-order valence-electron chi connectivity index (χ1n) is 5.41. The van der Waals surface area contributed by atoms with Crippen LogP contribution in [0.25, 0.3) is 0 Å². The summed E-state index contributed by atoms with van der Waals surface area (Å²) in [5.41, 5.74) is 1.24. The summed E-state index contributed by atoms with van der Waals surface area (Å²) in [7, 11) is 0. The quantitative estimate of drug-likeness (QED) is 0.560. The van der Waals surface area contributed by atoms with Crippen molar-refractivity contribution in [1.82, 2.24) is 5.32 Å². The van der Waals surface area contributed by atoms with E-state index in [0.29, 0.717) is 18.9 Å². The molecule has 0 spiro atoms. The van der Waals surface area contributed by atoms with Gasteiger partial charge in [-0.2, -0.15) is 0 Å². The fraction of sp³-hybridized carbons (Fsp3) is 0.308. The van der Waals surface area contributed by atoms with Gasteiger partial charge in [0.15, 0.2) is 0 Å². The molecular weight excluding hydrogens is 218 g/mol. The minimum absolute atomic E-state index is 0.187. The van der Waals surface area contributed by atoms with Gasteiger partial charge in [-0.15, -0.1) is 0 Å². The van der Waals surface area contributed by atoms with Crippen LogP contribution in [0.2, 0.25) is 0 Å². The lowest BCUT2D eigenvalue weighted by atomic mass is 10.2. The van der Waals surface area contributed by atoms with Gasteiger partial charge in [0.05, 0.1) is 0 Å². The molecule has 0 saturated carbocycles. The highest BCUT2D eigenvalue weighted by atomic mass is 16.5. The molecule has 92 valence electrons. The molecule has 0 heterocycles. The Kier molecular flexibility index (Phi) is 5.23. The van der Waals surface area contributed by atoms with E-state index in [-0.39, 0.29) is 5.56 Å². The predicted octanol–water partition coefficient (Wildman–Crippen LogP) is 1.93. The largest absolute Gasteiger partial charge is 0.491 e. The number of ether oxygens (including phenoxy) is 1. The van der Waals surface area contributed by atoms with Crippen LogP contribution in [0.3, 0.4) is 0 Å². The van der Waals surface area contributed by atoms with Gasteiger partial charge in [-0.3, -0.25) is 0 Å². The molecule has 17 heavy (non-hydrogen) atoms. The Morgan fingerprint density at radius 1 is 1.47 bits per heavy atom. The van der Waals surface area contributed by atoms with Crippen molar-refractivity contribution in [2.75, 3.05) is 19.7 Å². The zero-order valence-electron chi connectivity index (χ0n) is 9.90. The second-order valence-corrected chi connectivity index (χ2v) is 3.78. The highest BCUT2D eigenvalue weighted by Gasteiger charge is 2.09. The number of benzene rings is 1. The van der Waals surface area contributed by atoms with Crippen molar-refractivity contribution in [1.29, 1.82) is 0 Å². The lowest BCUT2D eigenvalue weighted by Gasteiger charge is -2.09. The van der Waals surface area contributed by atoms with Gasteiger partial charge in [0, 0.05) is 13.1 Å². The molecule has 0 aliphatic heterocycles. The summed E-state index contributed by atoms with van der Waals surface area (Å²) in [5.74, 6) is -0.576. The number of hydrogen-bond acceptors (Lipinski definition) is 3. The fourth-order valence-corrected chi connectivity index (χ4v) is 1.30. The van der Waals surface area contributed by atoms with Crippen molar-refractivity contribution in [3.8, 4) is 5.75 Å². The summed E-state index contributed by atoms with van der Waals surface area (Å²) in [6, 6.07) is 6.61. The number of nitrogens with one attached hydrogen (secondary N) is 1. The summed E-state index contributed by atoms with van der Waals surface area (Å²) >= 11 is 0. The Bertz CT molecular complexity index is 401. The van der Waals surface area contributed by atoms with Crippen molar-refractivity contribution in [3.05, 3.63) is 42.0 Å². The third kappa shape index (κ3) is 4.70. The number of para-hydroxylation sites is 1.